The van der Waals surface area contributed by atoms with Crippen molar-refractivity contribution in [3.63, 3.8) is 0 Å². The number of amides is 3. The molecule has 1 N–H and O–H groups in total. The Hall–Kier alpha value is -1.65. The Morgan fingerprint density at radius 1 is 1.12 bits per heavy atom. The summed E-state index contributed by atoms with van der Waals surface area (Å²) in [6.07, 6.45) is 3.51. The first-order chi connectivity index (χ1) is 8.16. The predicted molar refractivity (Wildman–Crippen MR) is 58.8 cm³/mol. The molecule has 3 aliphatic rings. The lowest BCUT2D eigenvalue weighted by Gasteiger charge is -2.30. The zero-order valence-corrected chi connectivity index (χ0v) is 9.49. The number of fused-ring (bicyclic) bond motifs is 1. The van der Waals surface area contributed by atoms with Gasteiger partial charge in [0, 0.05) is 12.1 Å². The van der Waals surface area contributed by atoms with Gasteiger partial charge in [-0.15, -0.1) is 0 Å². The topological polar surface area (TPSA) is 66.5 Å². The average molecular weight is 234 g/mol. The van der Waals surface area contributed by atoms with E-state index >= 15 is 0 Å². The van der Waals surface area contributed by atoms with Crippen molar-refractivity contribution in [3.05, 3.63) is 11.1 Å². The lowest BCUT2D eigenvalue weighted by molar-refractivity contribution is -0.130. The molecule has 1 unspecified atom stereocenters. The van der Waals surface area contributed by atoms with Crippen LogP contribution in [0, 0.1) is 0 Å². The second-order valence-corrected chi connectivity index (χ2v) is 4.83. The third kappa shape index (κ3) is 1.57. The van der Waals surface area contributed by atoms with Gasteiger partial charge in [-0.2, -0.15) is 0 Å². The average Bonchev–Trinajstić information content (AvgIpc) is 2.80. The van der Waals surface area contributed by atoms with Gasteiger partial charge in [-0.05, 0) is 24.8 Å². The van der Waals surface area contributed by atoms with Crippen molar-refractivity contribution in [2.75, 3.05) is 6.54 Å². The minimum Gasteiger partial charge on any atom is -0.336 e. The van der Waals surface area contributed by atoms with Gasteiger partial charge in [0.2, 0.25) is 11.8 Å². The van der Waals surface area contributed by atoms with Crippen molar-refractivity contribution in [1.29, 1.82) is 0 Å². The fourth-order valence-electron chi connectivity index (χ4n) is 3.03. The van der Waals surface area contributed by atoms with Gasteiger partial charge in [-0.25, -0.2) is 0 Å². The van der Waals surface area contributed by atoms with Gasteiger partial charge in [0.15, 0.2) is 0 Å². The van der Waals surface area contributed by atoms with Crippen LogP contribution < -0.4 is 5.32 Å². The molecule has 5 nitrogen and oxygen atoms in total. The maximum absolute atomic E-state index is 11.8. The second-order valence-electron chi connectivity index (χ2n) is 4.83. The molecule has 17 heavy (non-hydrogen) atoms. The van der Waals surface area contributed by atoms with Crippen LogP contribution in [-0.4, -0.2) is 35.2 Å². The smallest absolute Gasteiger partial charge is 0.254 e. The Morgan fingerprint density at radius 3 is 2.65 bits per heavy atom. The molecule has 3 rings (SSSR count). The molecular formula is C12H14N2O3. The molecule has 3 aliphatic heterocycles. The van der Waals surface area contributed by atoms with Crippen LogP contribution in [0.2, 0.25) is 0 Å². The molecule has 5 heteroatoms. The minimum absolute atomic E-state index is 0.0721. The Bertz CT molecular complexity index is 453. The van der Waals surface area contributed by atoms with Crippen molar-refractivity contribution in [2.45, 2.75) is 38.1 Å². The van der Waals surface area contributed by atoms with Gasteiger partial charge < -0.3 is 4.90 Å². The van der Waals surface area contributed by atoms with Gasteiger partial charge in [0.05, 0.1) is 18.9 Å². The minimum atomic E-state index is -0.301. The number of nitrogens with zero attached hydrogens (tertiary/aromatic N) is 1. The molecular weight excluding hydrogens is 220 g/mol. The highest BCUT2D eigenvalue weighted by Gasteiger charge is 2.41. The van der Waals surface area contributed by atoms with Crippen LogP contribution in [0.5, 0.6) is 0 Å². The van der Waals surface area contributed by atoms with Gasteiger partial charge in [0.1, 0.15) is 0 Å². The van der Waals surface area contributed by atoms with E-state index in [1.807, 2.05) is 4.90 Å². The van der Waals surface area contributed by atoms with Crippen LogP contribution in [0.4, 0.5) is 0 Å². The van der Waals surface area contributed by atoms with E-state index in [1.54, 1.807) is 0 Å². The molecule has 0 aromatic rings. The standard InChI is InChI=1S/C12H14N2O3/c15-10-5-8(12(17)13-10)7-6-11(16)14-4-2-1-3-9(7)14/h9H,1-6H2,(H,13,15,17). The van der Waals surface area contributed by atoms with Crippen LogP contribution in [0.25, 0.3) is 0 Å². The van der Waals surface area contributed by atoms with Crippen molar-refractivity contribution in [1.82, 2.24) is 10.2 Å². The molecule has 0 spiro atoms. The molecule has 90 valence electrons. The van der Waals surface area contributed by atoms with E-state index in [1.165, 1.54) is 0 Å². The Kier molecular flexibility index (Phi) is 2.28. The van der Waals surface area contributed by atoms with Gasteiger partial charge >= 0.3 is 0 Å². The first-order valence-corrected chi connectivity index (χ1v) is 6.02. The van der Waals surface area contributed by atoms with Crippen molar-refractivity contribution >= 4 is 17.7 Å². The summed E-state index contributed by atoms with van der Waals surface area (Å²) >= 11 is 0. The zero-order valence-electron chi connectivity index (χ0n) is 9.49. The highest BCUT2D eigenvalue weighted by atomic mass is 16.2. The highest BCUT2D eigenvalue weighted by molar-refractivity contribution is 6.14. The van der Waals surface area contributed by atoms with Crippen LogP contribution in [-0.2, 0) is 14.4 Å². The Morgan fingerprint density at radius 2 is 1.94 bits per heavy atom. The highest BCUT2D eigenvalue weighted by Crippen LogP contribution is 2.35. The molecule has 0 saturated carbocycles. The largest absolute Gasteiger partial charge is 0.336 e. The molecule has 0 aromatic heterocycles. The van der Waals surface area contributed by atoms with Crippen LogP contribution >= 0.6 is 0 Å². The van der Waals surface area contributed by atoms with Gasteiger partial charge in [0.25, 0.3) is 5.91 Å². The summed E-state index contributed by atoms with van der Waals surface area (Å²) in [4.78, 5) is 36.5. The summed E-state index contributed by atoms with van der Waals surface area (Å²) < 4.78 is 0. The van der Waals surface area contributed by atoms with Crippen LogP contribution in [0.15, 0.2) is 11.1 Å². The second kappa shape index (κ2) is 3.68. The van der Waals surface area contributed by atoms with Gasteiger partial charge in [-0.1, -0.05) is 0 Å². The molecule has 3 fully saturated rings. The normalized spacial score (nSPS) is 33.1. The lowest BCUT2D eigenvalue weighted by atomic mass is 9.94. The summed E-state index contributed by atoms with van der Waals surface area (Å²) in [6.45, 7) is 0.788. The van der Waals surface area contributed by atoms with E-state index in [0.717, 1.165) is 31.4 Å². The summed E-state index contributed by atoms with van der Waals surface area (Å²) in [5, 5.41) is 2.29. The summed E-state index contributed by atoms with van der Waals surface area (Å²) in [7, 11) is 0. The van der Waals surface area contributed by atoms with Crippen LogP contribution in [0.1, 0.15) is 32.1 Å². The summed E-state index contributed by atoms with van der Waals surface area (Å²) in [6, 6.07) is 0.0721. The molecule has 0 aromatic carbocycles. The van der Waals surface area contributed by atoms with Crippen molar-refractivity contribution in [2.24, 2.45) is 0 Å². The number of rotatable bonds is 0. The number of hydrogen-bond donors (Lipinski definition) is 1. The number of piperidine rings is 1. The van der Waals surface area contributed by atoms with Crippen molar-refractivity contribution in [3.8, 4) is 0 Å². The predicted octanol–water partition coefficient (Wildman–Crippen LogP) is 0.114. The number of imide groups is 1. The molecule has 3 saturated heterocycles. The van der Waals surface area contributed by atoms with Gasteiger partial charge in [-0.3, -0.25) is 19.7 Å². The summed E-state index contributed by atoms with van der Waals surface area (Å²) in [5.74, 6) is -0.450. The van der Waals surface area contributed by atoms with Crippen molar-refractivity contribution < 1.29 is 14.4 Å². The summed E-state index contributed by atoms with van der Waals surface area (Å²) in [5.41, 5.74) is 1.43. The third-order valence-corrected chi connectivity index (χ3v) is 3.82. The van der Waals surface area contributed by atoms with E-state index in [0.29, 0.717) is 12.0 Å². The molecule has 3 heterocycles. The van der Waals surface area contributed by atoms with E-state index < -0.39 is 0 Å². The number of hydrogen-bond acceptors (Lipinski definition) is 3. The number of carbonyl (C=O) groups excluding carboxylic acids is 3. The molecule has 3 amide bonds. The first kappa shape index (κ1) is 10.5. The Labute approximate surface area is 98.8 Å². The molecule has 1 atom stereocenters. The fraction of sp³-hybridized carbons (Fsp3) is 0.583. The molecule has 0 bridgehead atoms. The van der Waals surface area contributed by atoms with Crippen LogP contribution in [0.3, 0.4) is 0 Å². The van der Waals surface area contributed by atoms with E-state index in [2.05, 4.69) is 5.32 Å². The maximum atomic E-state index is 11.8. The molecule has 0 aliphatic carbocycles. The monoisotopic (exact) mass is 234 g/mol. The SMILES string of the molecule is O=C1CC(=C2CC(=O)N3CCCCC23)C(=O)N1. The van der Waals surface area contributed by atoms with E-state index in [4.69, 9.17) is 0 Å². The van der Waals surface area contributed by atoms with E-state index in [9.17, 15) is 14.4 Å². The maximum Gasteiger partial charge on any atom is 0.254 e. The number of carbonyl (C=O) groups is 3. The first-order valence-electron chi connectivity index (χ1n) is 6.02. The Balaban J connectivity index is 1.98. The third-order valence-electron chi connectivity index (χ3n) is 3.82. The lowest BCUT2D eigenvalue weighted by Crippen LogP contribution is -2.37. The quantitative estimate of drug-likeness (QED) is 0.478. The number of nitrogens with one attached hydrogen (secondary N) is 1. The zero-order chi connectivity index (χ0) is 12.0. The fourth-order valence-corrected chi connectivity index (χ4v) is 3.03. The molecule has 0 radical (unpaired) electrons. The van der Waals surface area contributed by atoms with E-state index in [-0.39, 0.29) is 30.2 Å².